The second-order valence-corrected chi connectivity index (χ2v) is 6.49. The summed E-state index contributed by atoms with van der Waals surface area (Å²) < 4.78 is 5.62. The molecule has 27 heavy (non-hydrogen) atoms. The maximum Gasteiger partial charge on any atom is 0.0491 e. The van der Waals surface area contributed by atoms with Crippen LogP contribution in [0.2, 0.25) is 0 Å². The van der Waals surface area contributed by atoms with E-state index in [4.69, 9.17) is 29.7 Å². The third-order valence-corrected chi connectivity index (χ3v) is 4.63. The molecule has 2 aromatic carbocycles. The summed E-state index contributed by atoms with van der Waals surface area (Å²) in [5.41, 5.74) is 25.7. The van der Waals surface area contributed by atoms with Gasteiger partial charge in [-0.05, 0) is 24.0 Å². The van der Waals surface area contributed by atoms with E-state index in [0.29, 0.717) is 0 Å². The van der Waals surface area contributed by atoms with E-state index in [9.17, 15) is 0 Å². The molecule has 9 N–H and O–H groups in total. The molecule has 5 nitrogen and oxygen atoms in total. The molecule has 2 aromatic rings. The van der Waals surface area contributed by atoms with Crippen molar-refractivity contribution >= 4 is 6.69 Å². The van der Waals surface area contributed by atoms with E-state index >= 15 is 0 Å². The summed E-state index contributed by atoms with van der Waals surface area (Å²) in [4.78, 5) is 0. The molecule has 0 spiro atoms. The van der Waals surface area contributed by atoms with Gasteiger partial charge in [0, 0.05) is 56.9 Å². The van der Waals surface area contributed by atoms with Gasteiger partial charge in [0.2, 0.25) is 0 Å². The molecule has 1 aliphatic rings. The summed E-state index contributed by atoms with van der Waals surface area (Å²) in [7, 11) is 0. The predicted molar refractivity (Wildman–Crippen MR) is 110 cm³/mol. The van der Waals surface area contributed by atoms with E-state index in [1.165, 1.54) is 19.5 Å². The molecule has 0 heterocycles. The van der Waals surface area contributed by atoms with Crippen molar-refractivity contribution in [2.45, 2.75) is 49.9 Å². The Morgan fingerprint density at radius 3 is 1.37 bits per heavy atom. The molecular formula is C21H32N5Y-. The first-order valence-corrected chi connectivity index (χ1v) is 8.97. The summed E-state index contributed by atoms with van der Waals surface area (Å²) in [6.45, 7) is 1.25. The Morgan fingerprint density at radius 2 is 1.11 bits per heavy atom. The number of hydrogen-bond acceptors (Lipinski definition) is 5. The molecule has 0 aromatic heterocycles. The van der Waals surface area contributed by atoms with Crippen LogP contribution in [0.1, 0.15) is 50.3 Å². The Labute approximate surface area is 190 Å². The van der Waals surface area contributed by atoms with Gasteiger partial charge >= 0.3 is 0 Å². The van der Waals surface area contributed by atoms with Crippen molar-refractivity contribution in [2.75, 3.05) is 0 Å². The summed E-state index contributed by atoms with van der Waals surface area (Å²) in [5.74, 6) is 0. The van der Waals surface area contributed by atoms with Gasteiger partial charge in [-0.15, -0.1) is 0 Å². The SMILES string of the molecule is NC(c1ccccc1)C(N)c1ccccc1.NC1CCCCC1N.[2H][C-]=N.[Y]. The van der Waals surface area contributed by atoms with Gasteiger partial charge in [-0.1, -0.05) is 73.5 Å². The molecule has 3 rings (SSSR count). The Hall–Kier alpha value is -0.946. The van der Waals surface area contributed by atoms with Gasteiger partial charge in [0.05, 0.1) is 0 Å². The largest absolute Gasteiger partial charge is 0.522 e. The van der Waals surface area contributed by atoms with Gasteiger partial charge in [-0.3, -0.25) is 0 Å². The van der Waals surface area contributed by atoms with Crippen molar-refractivity contribution in [3.8, 4) is 0 Å². The molecule has 145 valence electrons. The zero-order valence-electron chi connectivity index (χ0n) is 16.8. The van der Waals surface area contributed by atoms with Crippen LogP contribution in [0, 0.1) is 5.41 Å². The number of nitrogens with one attached hydrogen (secondary N) is 1. The van der Waals surface area contributed by atoms with Crippen molar-refractivity contribution in [3.05, 3.63) is 71.8 Å². The van der Waals surface area contributed by atoms with E-state index in [2.05, 4.69) is 0 Å². The van der Waals surface area contributed by atoms with Crippen molar-refractivity contribution in [1.82, 2.24) is 0 Å². The average molecular weight is 444 g/mol. The molecule has 1 saturated carbocycles. The van der Waals surface area contributed by atoms with E-state index in [-0.39, 0.29) is 56.9 Å². The molecule has 0 saturated heterocycles. The summed E-state index contributed by atoms with van der Waals surface area (Å²) in [5, 5.41) is 5.62. The molecule has 1 fully saturated rings. The van der Waals surface area contributed by atoms with Crippen molar-refractivity contribution < 1.29 is 34.1 Å². The maximum absolute atomic E-state index is 6.15. The number of hydrogen-bond donors (Lipinski definition) is 5. The van der Waals surface area contributed by atoms with Crippen LogP contribution in [-0.2, 0) is 32.7 Å². The van der Waals surface area contributed by atoms with Crippen LogP contribution in [0.5, 0.6) is 0 Å². The van der Waals surface area contributed by atoms with Crippen LogP contribution in [0.25, 0.3) is 0 Å². The second-order valence-electron chi connectivity index (χ2n) is 6.49. The second kappa shape index (κ2) is 15.0. The molecule has 4 unspecified atom stereocenters. The smallest absolute Gasteiger partial charge is 0.0491 e. The minimum atomic E-state index is -0.163. The van der Waals surface area contributed by atoms with Crippen LogP contribution in [0.3, 0.4) is 0 Å². The molecule has 1 radical (unpaired) electrons. The third kappa shape index (κ3) is 9.20. The standard InChI is InChI=1S/C14H16N2.C6H14N2.CH2N.Y/c15-13(11-7-3-1-4-8-11)14(16)12-9-5-2-6-10-12;7-5-3-1-2-4-6(5)8;1-2;/h1-10,13-14H,15-16H2;5-6H,1-4,7-8H2;1-2H;/q;;-1;/i;;1D;. The Kier molecular flexibility index (Phi) is 13.4. The third-order valence-electron chi connectivity index (χ3n) is 4.63. The molecule has 0 bridgehead atoms. The maximum atomic E-state index is 6.15. The van der Waals surface area contributed by atoms with Crippen molar-refractivity contribution in [3.63, 3.8) is 0 Å². The quantitative estimate of drug-likeness (QED) is 0.368. The van der Waals surface area contributed by atoms with Crippen molar-refractivity contribution in [1.29, 1.82) is 5.41 Å². The Bertz CT molecular complexity index is 576. The minimum Gasteiger partial charge on any atom is -0.522 e. The monoisotopic (exact) mass is 444 g/mol. The Balaban J connectivity index is 0.000000512. The van der Waals surface area contributed by atoms with Gasteiger partial charge in [0.1, 0.15) is 0 Å². The topological polar surface area (TPSA) is 128 Å². The van der Waals surface area contributed by atoms with Gasteiger partial charge < -0.3 is 35.0 Å². The van der Waals surface area contributed by atoms with Crippen LogP contribution >= 0.6 is 0 Å². The van der Waals surface area contributed by atoms with Crippen LogP contribution in [0.4, 0.5) is 0 Å². The summed E-state index contributed by atoms with van der Waals surface area (Å²) >= 11 is 0. The molecule has 4 atom stereocenters. The molecule has 1 aliphatic carbocycles. The zero-order chi connectivity index (χ0) is 20.1. The van der Waals surface area contributed by atoms with Crippen LogP contribution < -0.4 is 22.9 Å². The van der Waals surface area contributed by atoms with Gasteiger partial charge in [0.25, 0.3) is 0 Å². The summed E-state index contributed by atoms with van der Waals surface area (Å²) in [6.07, 6.45) is 4.80. The van der Waals surface area contributed by atoms with E-state index in [0.717, 1.165) is 24.0 Å². The van der Waals surface area contributed by atoms with E-state index in [1.807, 2.05) is 60.7 Å². The fraction of sp³-hybridized carbons (Fsp3) is 0.381. The number of rotatable bonds is 3. The Morgan fingerprint density at radius 1 is 0.815 bits per heavy atom. The number of benzene rings is 2. The molecule has 6 heteroatoms. The molecular weight excluding hydrogens is 411 g/mol. The first-order chi connectivity index (χ1) is 13.0. The molecule has 0 amide bonds. The zero-order valence-corrected chi connectivity index (χ0v) is 18.6. The van der Waals surface area contributed by atoms with Gasteiger partial charge in [0.15, 0.2) is 0 Å². The van der Waals surface area contributed by atoms with Gasteiger partial charge in [-0.25, -0.2) is 0 Å². The summed E-state index contributed by atoms with van der Waals surface area (Å²) in [6, 6.07) is 20.1. The average Bonchev–Trinajstić information content (AvgIpc) is 2.71. The minimum absolute atomic E-state index is 0. The van der Waals surface area contributed by atoms with Crippen LogP contribution in [0.15, 0.2) is 60.7 Å². The van der Waals surface area contributed by atoms with Gasteiger partial charge in [-0.2, -0.15) is 1.37 Å². The fourth-order valence-corrected chi connectivity index (χ4v) is 2.95. The number of nitrogens with two attached hydrogens (primary N) is 4. The van der Waals surface area contributed by atoms with E-state index in [1.54, 1.807) is 0 Å². The predicted octanol–water partition coefficient (Wildman–Crippen LogP) is 2.74. The van der Waals surface area contributed by atoms with Crippen LogP contribution in [-0.4, -0.2) is 18.8 Å². The normalized spacial score (nSPS) is 20.8. The van der Waals surface area contributed by atoms with Crippen molar-refractivity contribution in [2.24, 2.45) is 22.9 Å². The first kappa shape index (κ1) is 24.1. The first-order valence-electron chi connectivity index (χ1n) is 9.47. The fourth-order valence-electron chi connectivity index (χ4n) is 2.95. The molecule has 0 aliphatic heterocycles. The van der Waals surface area contributed by atoms with E-state index < -0.39 is 0 Å².